The number of carbonyl (C=O) groups is 4. The Hall–Kier alpha value is 14.3. The van der Waals surface area contributed by atoms with Gasteiger partial charge in [0, 0.05) is 47.3 Å². The zero-order chi connectivity index (χ0) is 86.3. The van der Waals surface area contributed by atoms with Crippen molar-refractivity contribution in [1.82, 2.24) is 9.80 Å². The summed E-state index contributed by atoms with van der Waals surface area (Å²) in [5.41, 5.74) is 0. The number of hydrogen-bond donors (Lipinski definition) is 2. The molecule has 2 aromatic rings. The monoisotopic (exact) mass is 2430 g/mol. The third kappa shape index (κ3) is 79.1. The number of hydrogen-bond acceptors (Lipinski definition) is 14. The molecule has 15 nitrogen and oxygen atoms in total. The summed E-state index contributed by atoms with van der Waals surface area (Å²) in [6.45, 7) is 27.7. The number of halogens is 2. The Morgan fingerprint density at radius 2 is 0.752 bits per heavy atom. The lowest BCUT2D eigenvalue weighted by atomic mass is 10.1. The maximum absolute atomic E-state index is 11.4. The smallest absolute Gasteiger partial charge is 0.519 e. The molecule has 2 aromatic carbocycles. The van der Waals surface area contributed by atoms with Crippen molar-refractivity contribution in [2.24, 2.45) is 5.92 Å². The molecule has 0 aliphatic rings. The average molecular weight is 2430 g/mol. The van der Waals surface area contributed by atoms with Gasteiger partial charge >= 0.3 is 18.1 Å². The highest BCUT2D eigenvalue weighted by molar-refractivity contribution is 14.1. The number of esters is 2. The number of benzene rings is 2. The first-order valence-electron chi connectivity index (χ1n) is 32.4. The Bertz CT molecular complexity index is 2110. The number of Topliss-reactive ketones (excluding diaryl/α,β-unsaturated/α-hetero) is 1. The molecule has 0 bridgehead atoms. The van der Waals surface area contributed by atoms with Gasteiger partial charge in [-0.2, -0.15) is 0 Å². The standard InChI is InChI=1S/C13H10O3.C12H24NO4.C8H17NO3.C5H13NO2.4C2H6.CH3I.CH5P.BH2.HI.H40P38/c14-13(15-11-7-3-1-4-8-11)16-12-9-5-2-6-10-12;1-10(11(2)14)12(15)17-9-7-13(3,4)6-8-16-5;1-8(10)12-7-5-9(2)4-6-11-3;1-6(2-4-7)3-5-8;6*1-2;;;1-21(2)31(22(3)4)36(32(23(5)6)24(7)8)38(35(29(17)18)30(19)20)37(33(25(9)10)26(11)12)34(27(13)14)28(15)16/h1-10H;10H,6-9H2,1-5H3;4-7H2,1-3H3;7-8H,2-5H2,1H3;4*1-2H3;1H3;2H2,1H3;1H2;1H;1-20H2/q;+1;;;;;;;;;;;/p-1/i;;;;;;;;;2D;1TD;;. The number of aliphatic hydroxyl groups is 2. The zero-order valence-corrected chi connectivity index (χ0v) is 109. The molecule has 1 radical (unpaired) electrons. The van der Waals surface area contributed by atoms with E-state index in [1.165, 1.54) is 13.8 Å². The van der Waals surface area contributed by atoms with Gasteiger partial charge in [-0.1, -0.05) is 121 Å². The molecule has 0 fully saturated rings. The van der Waals surface area contributed by atoms with E-state index in [-0.39, 0.29) is 175 Å². The average Bonchev–Trinajstić information content (AvgIpc) is 0.751. The van der Waals surface area contributed by atoms with E-state index in [1.807, 2.05) is 117 Å². The molecule has 0 amide bonds. The summed E-state index contributed by atoms with van der Waals surface area (Å²) in [5, 5.41) is 16.7. The van der Waals surface area contributed by atoms with Gasteiger partial charge in [0.15, 0.2) is 0 Å². The number of aliphatic hydroxyl groups excluding tert-OH is 2. The van der Waals surface area contributed by atoms with Gasteiger partial charge in [0.05, 0.1) is 50.1 Å². The summed E-state index contributed by atoms with van der Waals surface area (Å²) >= 11 is 2.15. The van der Waals surface area contributed by atoms with Gasteiger partial charge < -0.3 is 76.9 Å². The van der Waals surface area contributed by atoms with Crippen LogP contribution in [-0.2, 0) is 33.3 Å². The van der Waals surface area contributed by atoms with Crippen LogP contribution in [-0.4, -0.2) is 194 Å². The van der Waals surface area contributed by atoms with Gasteiger partial charge in [-0.25, -0.2) is 4.79 Å². The summed E-state index contributed by atoms with van der Waals surface area (Å²) in [5.74, 6) is -0.570. The summed E-state index contributed by atoms with van der Waals surface area (Å²) in [6, 6.07) is 17.6. The Kier molecular flexibility index (Phi) is 125. The van der Waals surface area contributed by atoms with Crippen LogP contribution in [0.3, 0.4) is 0 Å². The van der Waals surface area contributed by atoms with E-state index in [2.05, 4.69) is 201 Å². The third-order valence-corrected chi connectivity index (χ3v) is 265. The maximum Gasteiger partial charge on any atom is 0.519 e. The quantitative estimate of drug-likeness (QED) is 0.00957. The Labute approximate surface area is 747 Å². The number of nitrogens with zero attached hydrogens (tertiary/aromatic N) is 3. The van der Waals surface area contributed by atoms with E-state index in [0.29, 0.717) is 75.1 Å². The number of rotatable bonds is 37. The fourth-order valence-corrected chi connectivity index (χ4v) is 529. The molecule has 57 heteroatoms. The minimum atomic E-state index is -0.739. The van der Waals surface area contributed by atoms with Crippen LogP contribution in [0.4, 0.5) is 4.79 Å². The molecule has 2 N–H and O–H groups in total. The van der Waals surface area contributed by atoms with Gasteiger partial charge in [-0.3, -0.25) is 14.4 Å². The van der Waals surface area contributed by atoms with Crippen LogP contribution >= 0.6 is 336 Å². The largest absolute Gasteiger partial charge is 1.00 e. The van der Waals surface area contributed by atoms with Gasteiger partial charge in [0.1, 0.15) is 49.5 Å². The summed E-state index contributed by atoms with van der Waals surface area (Å²) < 4.78 is 48.1. The van der Waals surface area contributed by atoms with Crippen LogP contribution in [0, 0.1) is 5.92 Å². The van der Waals surface area contributed by atoms with E-state index in [9.17, 15) is 19.2 Å². The summed E-state index contributed by atoms with van der Waals surface area (Å²) in [7, 11) is 79.5. The fourth-order valence-electron chi connectivity index (χ4n) is 5.65. The number of ether oxygens (including phenoxy) is 6. The minimum Gasteiger partial charge on any atom is -1.00 e. The van der Waals surface area contributed by atoms with Crippen LogP contribution in [0.15, 0.2) is 60.7 Å². The van der Waals surface area contributed by atoms with Gasteiger partial charge in [-0.05, 0) is 186 Å². The van der Waals surface area contributed by atoms with Crippen LogP contribution in [0.1, 0.15) is 76.2 Å². The first-order chi connectivity index (χ1) is 50.2. The van der Waals surface area contributed by atoms with Crippen molar-refractivity contribution in [2.45, 2.75) is 76.2 Å². The van der Waals surface area contributed by atoms with Crippen molar-refractivity contribution in [1.29, 1.82) is 3.95 Å². The number of likely N-dealkylation sites (N-methyl/N-ethyl adjacent to an activating group) is 3. The van der Waals surface area contributed by atoms with Gasteiger partial charge in [0.25, 0.3) is 0 Å². The lowest BCUT2D eigenvalue weighted by Crippen LogP contribution is -3.00. The van der Waals surface area contributed by atoms with Crippen molar-refractivity contribution >= 4 is 368 Å². The van der Waals surface area contributed by atoms with Crippen molar-refractivity contribution in [3.63, 3.8) is 0 Å². The maximum atomic E-state index is 11.4. The molecule has 629 valence electrons. The SMILES string of the molecule is CC.CC.CC.CC.CI.CN(CCO)CCO.COCCN(C)CCOC(C)=O.COCC[N+](C)(C)CCOC(=O)C(C)C(C)=O.O=C(Oc1ccccc1)Oc1ccccc1.PP(P)P(P(P)P)P(P(P(P)P)P(P)P)P(P(P(P)P)P(P)P)P(P(P(P)P)P(P)P)P(P(P)P)P(P)P.[2H]PC.[2H][B][3H].[I-]. The molecule has 0 aliphatic heterocycles. The zero-order valence-electron chi connectivity index (χ0n) is 67.6. The molecule has 0 aliphatic carbocycles. The number of quaternary nitrogens is 1. The van der Waals surface area contributed by atoms with E-state index in [4.69, 9.17) is 42.6 Å². The lowest BCUT2D eigenvalue weighted by Gasteiger charge is -2.55. The number of methoxy groups -OCH3 is 2. The topological polar surface area (TPSA) is 171 Å². The second kappa shape index (κ2) is 97.4. The normalized spacial score (nSPS) is 11.5. The molecular weight excluding hydrogens is 2280 g/mol. The fraction of sp³-hybridized carbons (Fsp3) is 0.667. The molecule has 22 unspecified atom stereocenters. The number of alkyl halides is 1. The summed E-state index contributed by atoms with van der Waals surface area (Å²) in [4.78, 5) is 50.0. The van der Waals surface area contributed by atoms with Crippen molar-refractivity contribution in [3.8, 4) is 11.5 Å². The highest BCUT2D eigenvalue weighted by Crippen LogP contribution is 3.42. The van der Waals surface area contributed by atoms with Gasteiger partial charge in [-0.15, -0.1) is 188 Å². The first-order valence-corrected chi connectivity index (χ1v) is 102. The van der Waals surface area contributed by atoms with Crippen molar-refractivity contribution in [2.75, 3.05) is 133 Å². The predicted octanol–water partition coefficient (Wildman–Crippen LogP) is 26.5. The second-order valence-corrected chi connectivity index (χ2v) is 173. The molecule has 22 atom stereocenters. The van der Waals surface area contributed by atoms with Crippen LogP contribution in [0.5, 0.6) is 11.5 Å². The van der Waals surface area contributed by atoms with E-state index >= 15 is 0 Å². The molecule has 2 rings (SSSR count). The molecule has 0 heterocycles. The molecule has 0 aromatic heterocycles. The first kappa shape index (κ1) is 135. The Morgan fingerprint density at radius 3 is 0.990 bits per heavy atom. The Balaban J connectivity index is -0.000000125. The van der Waals surface area contributed by atoms with Crippen LogP contribution in [0.2, 0.25) is 0 Å². The Morgan fingerprint density at radius 1 is 0.505 bits per heavy atom. The molecular formula is C48H138BI2N3O12P39. The van der Waals surface area contributed by atoms with E-state index in [1.54, 1.807) is 69.7 Å². The molecule has 0 saturated heterocycles. The van der Waals surface area contributed by atoms with E-state index < -0.39 is 18.0 Å². The van der Waals surface area contributed by atoms with Crippen molar-refractivity contribution in [3.05, 3.63) is 60.7 Å². The van der Waals surface area contributed by atoms with Gasteiger partial charge in [0.2, 0.25) is 0 Å². The van der Waals surface area contributed by atoms with Crippen molar-refractivity contribution < 1.29 is 86.3 Å². The number of para-hydroxylation sites is 2. The highest BCUT2D eigenvalue weighted by atomic mass is 127. The third-order valence-electron chi connectivity index (χ3n) is 10.3. The molecule has 0 spiro atoms. The predicted molar refractivity (Wildman–Crippen MR) is 610 cm³/mol. The van der Waals surface area contributed by atoms with Crippen LogP contribution < -0.4 is 33.5 Å². The highest BCUT2D eigenvalue weighted by Gasteiger charge is 2.54. The summed E-state index contributed by atoms with van der Waals surface area (Å²) in [6.07, 6.45) is -0.739. The van der Waals surface area contributed by atoms with E-state index in [0.717, 1.165) is 24.1 Å². The lowest BCUT2D eigenvalue weighted by molar-refractivity contribution is -0.890. The minimum absolute atomic E-state index is 0. The number of carbonyl (C=O) groups excluding carboxylic acids is 4. The molecule has 0 saturated carbocycles. The molecule has 105 heavy (non-hydrogen) atoms. The second-order valence-electron chi connectivity index (χ2n) is 18.3. The number of ketones is 1. The van der Waals surface area contributed by atoms with Crippen LogP contribution in [0.25, 0.3) is 0 Å².